The third-order valence-electron chi connectivity index (χ3n) is 2.75. The SMILES string of the molecule is CCCCCCCC(N)c1cnc(C(F)(F)F)s1. The van der Waals surface area contributed by atoms with Gasteiger partial charge in [0.2, 0.25) is 0 Å². The molecule has 18 heavy (non-hydrogen) atoms. The number of nitrogens with two attached hydrogens (primary N) is 1. The van der Waals surface area contributed by atoms with Gasteiger partial charge in [-0.05, 0) is 6.42 Å². The number of alkyl halides is 3. The van der Waals surface area contributed by atoms with E-state index in [0.29, 0.717) is 16.2 Å². The Hall–Kier alpha value is -0.620. The summed E-state index contributed by atoms with van der Waals surface area (Å²) in [6, 6.07) is -0.319. The zero-order chi connectivity index (χ0) is 13.6. The van der Waals surface area contributed by atoms with Crippen molar-refractivity contribution in [2.45, 2.75) is 57.7 Å². The first kappa shape index (κ1) is 15.4. The molecule has 0 fully saturated rings. The van der Waals surface area contributed by atoms with Gasteiger partial charge in [-0.2, -0.15) is 13.2 Å². The van der Waals surface area contributed by atoms with Crippen molar-refractivity contribution in [3.63, 3.8) is 0 Å². The normalized spacial score (nSPS) is 13.8. The van der Waals surface area contributed by atoms with E-state index in [2.05, 4.69) is 11.9 Å². The smallest absolute Gasteiger partial charge is 0.323 e. The van der Waals surface area contributed by atoms with E-state index in [0.717, 1.165) is 19.3 Å². The van der Waals surface area contributed by atoms with Crippen LogP contribution in [0.1, 0.15) is 61.4 Å². The summed E-state index contributed by atoms with van der Waals surface area (Å²) >= 11 is 0.655. The lowest BCUT2D eigenvalue weighted by atomic mass is 10.1. The molecule has 0 bridgehead atoms. The van der Waals surface area contributed by atoms with E-state index in [1.165, 1.54) is 25.5 Å². The predicted molar refractivity (Wildman–Crippen MR) is 67.4 cm³/mol. The molecule has 0 amide bonds. The largest absolute Gasteiger partial charge is 0.443 e. The van der Waals surface area contributed by atoms with Crippen LogP contribution in [0.2, 0.25) is 0 Å². The predicted octanol–water partition coefficient (Wildman–Crippen LogP) is 4.52. The molecule has 1 unspecified atom stereocenters. The van der Waals surface area contributed by atoms with Crippen LogP contribution < -0.4 is 5.73 Å². The van der Waals surface area contributed by atoms with Crippen LogP contribution in [0, 0.1) is 0 Å². The van der Waals surface area contributed by atoms with E-state index in [1.807, 2.05) is 0 Å². The molecule has 6 heteroatoms. The fourth-order valence-corrected chi connectivity index (χ4v) is 2.52. The lowest BCUT2D eigenvalue weighted by Gasteiger charge is -2.08. The summed E-state index contributed by atoms with van der Waals surface area (Å²) in [5.74, 6) is 0. The summed E-state index contributed by atoms with van der Waals surface area (Å²) in [7, 11) is 0. The highest BCUT2D eigenvalue weighted by molar-refractivity contribution is 7.11. The van der Waals surface area contributed by atoms with E-state index >= 15 is 0 Å². The zero-order valence-electron chi connectivity index (χ0n) is 10.5. The van der Waals surface area contributed by atoms with Crippen molar-refractivity contribution < 1.29 is 13.2 Å². The summed E-state index contributed by atoms with van der Waals surface area (Å²) in [5.41, 5.74) is 5.87. The van der Waals surface area contributed by atoms with E-state index in [1.54, 1.807) is 0 Å². The molecule has 0 radical (unpaired) electrons. The molecule has 0 aliphatic carbocycles. The Morgan fingerprint density at radius 2 is 1.94 bits per heavy atom. The highest BCUT2D eigenvalue weighted by Gasteiger charge is 2.34. The van der Waals surface area contributed by atoms with Gasteiger partial charge in [-0.1, -0.05) is 39.0 Å². The molecule has 1 aromatic rings. The van der Waals surface area contributed by atoms with E-state index in [4.69, 9.17) is 5.73 Å². The Morgan fingerprint density at radius 3 is 2.50 bits per heavy atom. The van der Waals surface area contributed by atoms with Crippen LogP contribution in [0.25, 0.3) is 0 Å². The molecule has 104 valence electrons. The first-order valence-electron chi connectivity index (χ1n) is 6.23. The number of hydrogen-bond donors (Lipinski definition) is 1. The number of rotatable bonds is 7. The van der Waals surface area contributed by atoms with Gasteiger partial charge in [0.25, 0.3) is 0 Å². The van der Waals surface area contributed by atoms with Crippen LogP contribution in [0.4, 0.5) is 13.2 Å². The minimum atomic E-state index is -4.36. The van der Waals surface area contributed by atoms with Crippen molar-refractivity contribution in [3.05, 3.63) is 16.1 Å². The quantitative estimate of drug-likeness (QED) is 0.746. The summed E-state index contributed by atoms with van der Waals surface area (Å²) in [5, 5.41) is -0.807. The summed E-state index contributed by atoms with van der Waals surface area (Å²) in [6.45, 7) is 2.14. The maximum absolute atomic E-state index is 12.4. The molecule has 0 spiro atoms. The van der Waals surface area contributed by atoms with Crippen molar-refractivity contribution in [2.24, 2.45) is 5.73 Å². The molecule has 0 saturated carbocycles. The molecule has 1 rings (SSSR count). The Bertz CT molecular complexity index is 349. The summed E-state index contributed by atoms with van der Waals surface area (Å²) in [4.78, 5) is 3.91. The molecule has 1 atom stereocenters. The fraction of sp³-hybridized carbons (Fsp3) is 0.750. The topological polar surface area (TPSA) is 38.9 Å². The Kier molecular flexibility index (Phi) is 6.08. The van der Waals surface area contributed by atoms with Crippen molar-refractivity contribution in [3.8, 4) is 0 Å². The molecule has 0 aliphatic heterocycles. The maximum Gasteiger partial charge on any atom is 0.443 e. The van der Waals surface area contributed by atoms with Gasteiger partial charge in [0.05, 0.1) is 0 Å². The second kappa shape index (κ2) is 7.09. The Balaban J connectivity index is 2.37. The standard InChI is InChI=1S/C12H19F3N2S/c1-2-3-4-5-6-7-9(16)10-8-17-11(18-10)12(13,14)15/h8-9H,2-7,16H2,1H3. The summed E-state index contributed by atoms with van der Waals surface area (Å²) in [6.07, 6.45) is 3.22. The van der Waals surface area contributed by atoms with E-state index in [9.17, 15) is 13.2 Å². The molecular weight excluding hydrogens is 261 g/mol. The number of aromatic nitrogens is 1. The third kappa shape index (κ3) is 4.94. The van der Waals surface area contributed by atoms with Crippen molar-refractivity contribution in [1.82, 2.24) is 4.98 Å². The maximum atomic E-state index is 12.4. The number of unbranched alkanes of at least 4 members (excludes halogenated alkanes) is 4. The monoisotopic (exact) mass is 280 g/mol. The van der Waals surface area contributed by atoms with Gasteiger partial charge in [0.15, 0.2) is 5.01 Å². The average molecular weight is 280 g/mol. The molecular formula is C12H19F3N2S. The van der Waals surface area contributed by atoms with Crippen LogP contribution in [-0.4, -0.2) is 4.98 Å². The highest BCUT2D eigenvalue weighted by atomic mass is 32.1. The van der Waals surface area contributed by atoms with Gasteiger partial charge in [-0.25, -0.2) is 4.98 Å². The molecule has 1 heterocycles. The second-order valence-electron chi connectivity index (χ2n) is 4.37. The van der Waals surface area contributed by atoms with E-state index < -0.39 is 11.2 Å². The minimum absolute atomic E-state index is 0.319. The first-order valence-corrected chi connectivity index (χ1v) is 7.05. The van der Waals surface area contributed by atoms with Crippen molar-refractivity contribution in [1.29, 1.82) is 0 Å². The van der Waals surface area contributed by atoms with Crippen LogP contribution in [0.5, 0.6) is 0 Å². The Morgan fingerprint density at radius 1 is 1.28 bits per heavy atom. The molecule has 0 aliphatic rings. The number of hydrogen-bond acceptors (Lipinski definition) is 3. The molecule has 2 nitrogen and oxygen atoms in total. The molecule has 0 saturated heterocycles. The second-order valence-corrected chi connectivity index (χ2v) is 5.44. The zero-order valence-corrected chi connectivity index (χ0v) is 11.3. The highest BCUT2D eigenvalue weighted by Crippen LogP contribution is 2.34. The molecule has 1 aromatic heterocycles. The minimum Gasteiger partial charge on any atom is -0.323 e. The molecule has 2 N–H and O–H groups in total. The lowest BCUT2D eigenvalue weighted by Crippen LogP contribution is -2.08. The first-order chi connectivity index (χ1) is 8.45. The third-order valence-corrected chi connectivity index (χ3v) is 3.92. The van der Waals surface area contributed by atoms with Crippen LogP contribution >= 0.6 is 11.3 Å². The van der Waals surface area contributed by atoms with Gasteiger partial charge in [-0.15, -0.1) is 11.3 Å². The van der Waals surface area contributed by atoms with Crippen LogP contribution in [-0.2, 0) is 6.18 Å². The van der Waals surface area contributed by atoms with Crippen molar-refractivity contribution in [2.75, 3.05) is 0 Å². The van der Waals surface area contributed by atoms with Crippen LogP contribution in [0.15, 0.2) is 6.20 Å². The Labute approximate surface area is 109 Å². The van der Waals surface area contributed by atoms with Crippen LogP contribution in [0.3, 0.4) is 0 Å². The number of halogens is 3. The van der Waals surface area contributed by atoms with Crippen molar-refractivity contribution >= 4 is 11.3 Å². The fourth-order valence-electron chi connectivity index (χ4n) is 1.70. The van der Waals surface area contributed by atoms with E-state index in [-0.39, 0.29) is 6.04 Å². The summed E-state index contributed by atoms with van der Waals surface area (Å²) < 4.78 is 37.1. The van der Waals surface area contributed by atoms with Gasteiger partial charge >= 0.3 is 6.18 Å². The molecule has 0 aromatic carbocycles. The van der Waals surface area contributed by atoms with Gasteiger partial charge in [-0.3, -0.25) is 0 Å². The lowest BCUT2D eigenvalue weighted by molar-refractivity contribution is -0.137. The average Bonchev–Trinajstić information content (AvgIpc) is 2.77. The van der Waals surface area contributed by atoms with Gasteiger partial charge in [0, 0.05) is 17.1 Å². The number of thiazole rings is 1. The number of nitrogens with zero attached hydrogens (tertiary/aromatic N) is 1. The van der Waals surface area contributed by atoms with Gasteiger partial charge in [0.1, 0.15) is 0 Å². The van der Waals surface area contributed by atoms with Gasteiger partial charge < -0.3 is 5.73 Å².